The minimum absolute atomic E-state index is 0.0763. The lowest BCUT2D eigenvalue weighted by Gasteiger charge is -1.99. The van der Waals surface area contributed by atoms with Gasteiger partial charge in [-0.25, -0.2) is 0 Å². The van der Waals surface area contributed by atoms with Crippen LogP contribution in [0.25, 0.3) is 0 Å². The number of non-ortho nitro benzene ring substituents is 1. The van der Waals surface area contributed by atoms with Gasteiger partial charge < -0.3 is 5.11 Å². The molecule has 0 aliphatic carbocycles. The number of phenols is 1. The van der Waals surface area contributed by atoms with E-state index in [2.05, 4.69) is 15.2 Å². The molecule has 0 bridgehead atoms. The number of rotatable bonds is 5. The number of nitrogens with zero attached hydrogens (tertiary/aromatic N) is 4. The van der Waals surface area contributed by atoms with Crippen LogP contribution in [0.15, 0.2) is 88.0 Å². The second-order valence-electron chi connectivity index (χ2n) is 5.31. The Kier molecular flexibility index (Phi) is 5.09. The van der Waals surface area contributed by atoms with Crippen molar-refractivity contribution in [3.05, 3.63) is 88.5 Å². The topological polar surface area (TPSA) is 100 Å². The lowest BCUT2D eigenvalue weighted by molar-refractivity contribution is -0.384. The van der Waals surface area contributed by atoms with Gasteiger partial charge in [-0.15, -0.1) is 0 Å². The van der Waals surface area contributed by atoms with E-state index in [0.717, 1.165) is 5.69 Å². The van der Waals surface area contributed by atoms with E-state index in [1.807, 2.05) is 30.3 Å². The van der Waals surface area contributed by atoms with E-state index < -0.39 is 4.92 Å². The Morgan fingerprint density at radius 2 is 1.46 bits per heavy atom. The summed E-state index contributed by atoms with van der Waals surface area (Å²) in [5.74, 6) is -0.0763. The Balaban J connectivity index is 1.73. The molecule has 0 amide bonds. The van der Waals surface area contributed by atoms with E-state index in [0.29, 0.717) is 11.4 Å². The number of benzene rings is 3. The van der Waals surface area contributed by atoms with Gasteiger partial charge in [0.1, 0.15) is 5.75 Å². The smallest absolute Gasteiger partial charge is 0.270 e. The largest absolute Gasteiger partial charge is 0.507 e. The second kappa shape index (κ2) is 7.80. The van der Waals surface area contributed by atoms with Crippen molar-refractivity contribution in [1.82, 2.24) is 0 Å². The Labute approximate surface area is 149 Å². The number of nitro groups is 1. The molecule has 0 fully saturated rings. The molecule has 0 radical (unpaired) electrons. The third-order valence-corrected chi connectivity index (χ3v) is 3.46. The number of aliphatic imine (C=N–C) groups is 1. The van der Waals surface area contributed by atoms with Crippen molar-refractivity contribution in [2.75, 3.05) is 0 Å². The standard InChI is InChI=1S/C19H14N4O3/c24-19-11-10-18(23(25)26)12-14(19)13-20-15-6-8-17(9-7-15)22-21-16-4-2-1-3-5-16/h1-13,24H. The van der Waals surface area contributed by atoms with Gasteiger partial charge in [-0.3, -0.25) is 15.1 Å². The SMILES string of the molecule is O=[N+]([O-])c1ccc(O)c(C=Nc2ccc(N=Nc3ccccc3)cc2)c1. The van der Waals surface area contributed by atoms with E-state index in [9.17, 15) is 15.2 Å². The Bertz CT molecular complexity index is 968. The molecule has 128 valence electrons. The van der Waals surface area contributed by atoms with Crippen LogP contribution in [0.1, 0.15) is 5.56 Å². The highest BCUT2D eigenvalue weighted by Gasteiger charge is 2.08. The highest BCUT2D eigenvalue weighted by atomic mass is 16.6. The van der Waals surface area contributed by atoms with Gasteiger partial charge in [-0.2, -0.15) is 10.2 Å². The average Bonchev–Trinajstić information content (AvgIpc) is 2.67. The lowest BCUT2D eigenvalue weighted by Crippen LogP contribution is -1.90. The summed E-state index contributed by atoms with van der Waals surface area (Å²) in [5.41, 5.74) is 2.21. The molecular weight excluding hydrogens is 332 g/mol. The van der Waals surface area contributed by atoms with Gasteiger partial charge in [-0.05, 0) is 42.5 Å². The highest BCUT2D eigenvalue weighted by Crippen LogP contribution is 2.24. The van der Waals surface area contributed by atoms with Crippen molar-refractivity contribution in [2.45, 2.75) is 0 Å². The summed E-state index contributed by atoms with van der Waals surface area (Å²) in [6.45, 7) is 0. The van der Waals surface area contributed by atoms with Gasteiger partial charge in [0.25, 0.3) is 5.69 Å². The molecule has 7 heteroatoms. The summed E-state index contributed by atoms with van der Waals surface area (Å²) >= 11 is 0. The van der Waals surface area contributed by atoms with E-state index in [4.69, 9.17) is 0 Å². The van der Waals surface area contributed by atoms with Crippen molar-refractivity contribution >= 4 is 29.0 Å². The number of nitro benzene ring substituents is 1. The maximum Gasteiger partial charge on any atom is 0.270 e. The molecule has 0 heterocycles. The van der Waals surface area contributed by atoms with Crippen LogP contribution in [-0.4, -0.2) is 16.2 Å². The van der Waals surface area contributed by atoms with Crippen molar-refractivity contribution in [3.63, 3.8) is 0 Å². The molecule has 7 nitrogen and oxygen atoms in total. The molecule has 0 saturated heterocycles. The van der Waals surface area contributed by atoms with Crippen LogP contribution in [0, 0.1) is 10.1 Å². The van der Waals surface area contributed by atoms with Crippen molar-refractivity contribution < 1.29 is 10.0 Å². The third-order valence-electron chi connectivity index (χ3n) is 3.46. The first-order chi connectivity index (χ1) is 12.6. The number of hydrogen-bond acceptors (Lipinski definition) is 6. The minimum Gasteiger partial charge on any atom is -0.507 e. The highest BCUT2D eigenvalue weighted by molar-refractivity contribution is 5.86. The van der Waals surface area contributed by atoms with E-state index in [1.54, 1.807) is 24.3 Å². The summed E-state index contributed by atoms with van der Waals surface area (Å²) < 4.78 is 0. The average molecular weight is 346 g/mol. The molecule has 0 saturated carbocycles. The molecule has 0 aromatic heterocycles. The van der Waals surface area contributed by atoms with E-state index in [1.165, 1.54) is 24.4 Å². The van der Waals surface area contributed by atoms with Crippen molar-refractivity contribution in [2.24, 2.45) is 15.2 Å². The lowest BCUT2D eigenvalue weighted by atomic mass is 10.2. The van der Waals surface area contributed by atoms with Gasteiger partial charge in [-0.1, -0.05) is 18.2 Å². The van der Waals surface area contributed by atoms with Crippen LogP contribution in [-0.2, 0) is 0 Å². The molecule has 3 rings (SSSR count). The normalized spacial score (nSPS) is 11.2. The predicted molar refractivity (Wildman–Crippen MR) is 99.1 cm³/mol. The quantitative estimate of drug-likeness (QED) is 0.287. The minimum atomic E-state index is -0.524. The molecule has 3 aromatic rings. The number of aromatic hydroxyl groups is 1. The van der Waals surface area contributed by atoms with E-state index in [-0.39, 0.29) is 17.0 Å². The fourth-order valence-corrected chi connectivity index (χ4v) is 2.12. The Hall–Kier alpha value is -3.87. The first kappa shape index (κ1) is 17.0. The van der Waals surface area contributed by atoms with Gasteiger partial charge in [0.15, 0.2) is 0 Å². The molecule has 3 aromatic carbocycles. The van der Waals surface area contributed by atoms with Crippen LogP contribution >= 0.6 is 0 Å². The number of azo groups is 1. The fourth-order valence-electron chi connectivity index (χ4n) is 2.12. The van der Waals surface area contributed by atoms with Gasteiger partial charge >= 0.3 is 0 Å². The molecule has 0 aliphatic heterocycles. The summed E-state index contributed by atoms with van der Waals surface area (Å²) in [6.07, 6.45) is 1.38. The Morgan fingerprint density at radius 1 is 0.846 bits per heavy atom. The van der Waals surface area contributed by atoms with Crippen LogP contribution in [0.4, 0.5) is 22.7 Å². The van der Waals surface area contributed by atoms with Gasteiger partial charge in [0, 0.05) is 23.9 Å². The molecule has 0 unspecified atom stereocenters. The molecule has 0 aliphatic rings. The zero-order valence-electron chi connectivity index (χ0n) is 13.6. The van der Waals surface area contributed by atoms with Crippen LogP contribution in [0.5, 0.6) is 5.75 Å². The molecule has 1 N–H and O–H groups in total. The van der Waals surface area contributed by atoms with Crippen molar-refractivity contribution in [3.8, 4) is 5.75 Å². The van der Waals surface area contributed by atoms with Crippen LogP contribution in [0.2, 0.25) is 0 Å². The van der Waals surface area contributed by atoms with Crippen LogP contribution in [0.3, 0.4) is 0 Å². The second-order valence-corrected chi connectivity index (χ2v) is 5.31. The molecule has 26 heavy (non-hydrogen) atoms. The first-order valence-corrected chi connectivity index (χ1v) is 7.70. The van der Waals surface area contributed by atoms with E-state index >= 15 is 0 Å². The maximum atomic E-state index is 10.8. The monoisotopic (exact) mass is 346 g/mol. The van der Waals surface area contributed by atoms with Gasteiger partial charge in [0.2, 0.25) is 0 Å². The summed E-state index contributed by atoms with van der Waals surface area (Å²) in [5, 5.41) is 28.8. The molecule has 0 spiro atoms. The van der Waals surface area contributed by atoms with Gasteiger partial charge in [0.05, 0.1) is 22.0 Å². The Morgan fingerprint density at radius 3 is 2.12 bits per heavy atom. The summed E-state index contributed by atoms with van der Waals surface area (Å²) in [6, 6.07) is 20.2. The summed E-state index contributed by atoms with van der Waals surface area (Å²) in [4.78, 5) is 14.5. The predicted octanol–water partition coefficient (Wildman–Crippen LogP) is 5.47. The third kappa shape index (κ3) is 4.35. The zero-order chi connectivity index (χ0) is 18.4. The number of hydrogen-bond donors (Lipinski definition) is 1. The number of phenolic OH excluding ortho intramolecular Hbond substituents is 1. The zero-order valence-corrected chi connectivity index (χ0v) is 13.6. The summed E-state index contributed by atoms with van der Waals surface area (Å²) in [7, 11) is 0. The van der Waals surface area contributed by atoms with Crippen molar-refractivity contribution in [1.29, 1.82) is 0 Å². The molecular formula is C19H14N4O3. The fraction of sp³-hybridized carbons (Fsp3) is 0. The first-order valence-electron chi connectivity index (χ1n) is 7.70. The maximum absolute atomic E-state index is 10.8. The molecule has 0 atom stereocenters. The van der Waals surface area contributed by atoms with Crippen LogP contribution < -0.4 is 0 Å².